The minimum atomic E-state index is -0.224. The number of hydrogen-bond acceptors (Lipinski definition) is 3. The van der Waals surface area contributed by atoms with E-state index in [0.717, 1.165) is 43.1 Å². The van der Waals surface area contributed by atoms with Gasteiger partial charge in [-0.1, -0.05) is 12.8 Å². The monoisotopic (exact) mass is 381 g/mol. The fourth-order valence-electron chi connectivity index (χ4n) is 8.03. The molecule has 150 valence electrons. The Kier molecular flexibility index (Phi) is 3.65. The normalized spacial score (nSPS) is 37.9. The fraction of sp³-hybridized carbons (Fsp3) is 0.783. The van der Waals surface area contributed by atoms with Crippen molar-refractivity contribution in [3.05, 3.63) is 27.9 Å². The van der Waals surface area contributed by atoms with Crippen molar-refractivity contribution in [1.82, 2.24) is 14.9 Å². The van der Waals surface area contributed by atoms with Gasteiger partial charge in [0.1, 0.15) is 11.4 Å². The molecule has 1 aromatic heterocycles. The quantitative estimate of drug-likeness (QED) is 0.850. The summed E-state index contributed by atoms with van der Waals surface area (Å²) in [6.45, 7) is 1.61. The highest BCUT2D eigenvalue weighted by Gasteiger charge is 2.53. The first-order valence-corrected chi connectivity index (χ1v) is 11.4. The molecule has 1 aliphatic heterocycles. The molecule has 5 heteroatoms. The van der Waals surface area contributed by atoms with E-state index < -0.39 is 0 Å². The van der Waals surface area contributed by atoms with Crippen molar-refractivity contribution in [1.29, 1.82) is 0 Å². The summed E-state index contributed by atoms with van der Waals surface area (Å²) in [6, 6.07) is 0. The average Bonchev–Trinajstić information content (AvgIpc) is 3.30. The van der Waals surface area contributed by atoms with Crippen LogP contribution in [-0.4, -0.2) is 33.9 Å². The van der Waals surface area contributed by atoms with E-state index in [2.05, 4.69) is 4.98 Å². The summed E-state index contributed by atoms with van der Waals surface area (Å²) in [4.78, 5) is 35.6. The summed E-state index contributed by atoms with van der Waals surface area (Å²) in [5, 5.41) is 0. The lowest BCUT2D eigenvalue weighted by Gasteiger charge is -2.56. The highest BCUT2D eigenvalue weighted by Crippen LogP contribution is 2.60. The number of likely N-dealkylation sites (tertiary alicyclic amines) is 1. The standard InChI is InChI=1S/C23H31N3O2/c27-19-18(20(28)26-6-5-22(14-26)3-1-2-4-22)13-24-21(25-19)23-10-15-7-16(11-23)9-17(8-15)12-23/h13,15-17H,1-12,14H2,(H,24,25,27). The van der Waals surface area contributed by atoms with E-state index in [1.165, 1.54) is 64.2 Å². The lowest BCUT2D eigenvalue weighted by Crippen LogP contribution is -2.50. The van der Waals surface area contributed by atoms with Gasteiger partial charge in [-0.15, -0.1) is 0 Å². The molecule has 5 nitrogen and oxygen atoms in total. The van der Waals surface area contributed by atoms with E-state index in [4.69, 9.17) is 4.98 Å². The van der Waals surface area contributed by atoms with Crippen molar-refractivity contribution < 1.29 is 4.79 Å². The molecule has 4 bridgehead atoms. The second kappa shape index (κ2) is 5.93. The third-order valence-corrected chi connectivity index (χ3v) is 8.96. The number of aromatic nitrogens is 2. The topological polar surface area (TPSA) is 66.1 Å². The lowest BCUT2D eigenvalue weighted by atomic mass is 9.49. The van der Waals surface area contributed by atoms with Gasteiger partial charge in [0.05, 0.1) is 0 Å². The number of hydrogen-bond donors (Lipinski definition) is 1. The Balaban J connectivity index is 1.25. The van der Waals surface area contributed by atoms with Crippen LogP contribution in [0, 0.1) is 23.2 Å². The zero-order valence-electron chi connectivity index (χ0n) is 16.7. The van der Waals surface area contributed by atoms with E-state index in [0.29, 0.717) is 5.41 Å². The maximum atomic E-state index is 13.0. The highest BCUT2D eigenvalue weighted by atomic mass is 16.2. The summed E-state index contributed by atoms with van der Waals surface area (Å²) in [6.07, 6.45) is 15.3. The van der Waals surface area contributed by atoms with Crippen LogP contribution >= 0.6 is 0 Å². The third kappa shape index (κ3) is 2.54. The Hall–Kier alpha value is -1.65. The first-order valence-electron chi connectivity index (χ1n) is 11.4. The van der Waals surface area contributed by atoms with Gasteiger partial charge in [0.25, 0.3) is 11.5 Å². The van der Waals surface area contributed by atoms with Crippen molar-refractivity contribution >= 4 is 5.91 Å². The van der Waals surface area contributed by atoms with Crippen molar-refractivity contribution in [2.24, 2.45) is 23.2 Å². The number of aromatic amines is 1. The lowest BCUT2D eigenvalue weighted by molar-refractivity contribution is -0.00954. The molecule has 28 heavy (non-hydrogen) atoms. The first-order chi connectivity index (χ1) is 13.5. The number of nitrogens with zero attached hydrogens (tertiary/aromatic N) is 2. The van der Waals surface area contributed by atoms with Crippen LogP contribution in [0.2, 0.25) is 0 Å². The molecule has 6 aliphatic rings. The summed E-state index contributed by atoms with van der Waals surface area (Å²) in [5.74, 6) is 3.18. The van der Waals surface area contributed by atoms with Gasteiger partial charge in [-0.25, -0.2) is 4.98 Å². The number of amides is 1. The summed E-state index contributed by atoms with van der Waals surface area (Å²) >= 11 is 0. The molecule has 0 aromatic carbocycles. The molecule has 1 spiro atoms. The van der Waals surface area contributed by atoms with Crippen molar-refractivity contribution in [3.63, 3.8) is 0 Å². The maximum Gasteiger partial charge on any atom is 0.263 e. The molecule has 5 aliphatic carbocycles. The summed E-state index contributed by atoms with van der Waals surface area (Å²) < 4.78 is 0. The highest BCUT2D eigenvalue weighted by molar-refractivity contribution is 5.93. The number of rotatable bonds is 2. The molecule has 1 N–H and O–H groups in total. The zero-order chi connectivity index (χ0) is 18.9. The van der Waals surface area contributed by atoms with Crippen molar-refractivity contribution in [2.75, 3.05) is 13.1 Å². The Morgan fingerprint density at radius 3 is 2.29 bits per heavy atom. The maximum absolute atomic E-state index is 13.0. The smallest absolute Gasteiger partial charge is 0.263 e. The molecule has 0 atom stereocenters. The van der Waals surface area contributed by atoms with Crippen LogP contribution in [0.3, 0.4) is 0 Å². The van der Waals surface area contributed by atoms with Gasteiger partial charge in [0.2, 0.25) is 0 Å². The van der Waals surface area contributed by atoms with Gasteiger partial charge in [-0.2, -0.15) is 0 Å². The largest absolute Gasteiger partial charge is 0.338 e. The number of carbonyl (C=O) groups excluding carboxylic acids is 1. The minimum absolute atomic E-state index is 0.0665. The van der Waals surface area contributed by atoms with Crippen LogP contribution < -0.4 is 5.56 Å². The first kappa shape index (κ1) is 17.2. The van der Waals surface area contributed by atoms with E-state index in [1.807, 2.05) is 4.90 Å². The molecule has 1 amide bonds. The van der Waals surface area contributed by atoms with Gasteiger partial charge in [-0.05, 0) is 81.0 Å². The second-order valence-electron chi connectivity index (χ2n) is 10.9. The van der Waals surface area contributed by atoms with Gasteiger partial charge in [0.15, 0.2) is 0 Å². The van der Waals surface area contributed by atoms with Gasteiger partial charge >= 0.3 is 0 Å². The van der Waals surface area contributed by atoms with Gasteiger partial charge in [0, 0.05) is 24.7 Å². The molecule has 1 saturated heterocycles. The molecule has 5 saturated carbocycles. The average molecular weight is 382 g/mol. The van der Waals surface area contributed by atoms with Crippen molar-refractivity contribution in [2.45, 2.75) is 76.0 Å². The fourth-order valence-corrected chi connectivity index (χ4v) is 8.03. The Morgan fingerprint density at radius 1 is 1.04 bits per heavy atom. The Labute approximate surface area is 166 Å². The number of carbonyl (C=O) groups is 1. The van der Waals surface area contributed by atoms with Crippen LogP contribution in [0.25, 0.3) is 0 Å². The molecule has 1 aromatic rings. The van der Waals surface area contributed by atoms with E-state index >= 15 is 0 Å². The SMILES string of the molecule is O=C(c1cnc(C23CC4CC(CC(C4)C2)C3)[nH]c1=O)N1CCC2(CCCC2)C1. The van der Waals surface area contributed by atoms with Crippen LogP contribution in [0.5, 0.6) is 0 Å². The molecular weight excluding hydrogens is 350 g/mol. The molecule has 6 fully saturated rings. The van der Waals surface area contributed by atoms with E-state index in [1.54, 1.807) is 6.20 Å². The Bertz CT molecular complexity index is 832. The molecule has 7 rings (SSSR count). The van der Waals surface area contributed by atoms with E-state index in [9.17, 15) is 9.59 Å². The van der Waals surface area contributed by atoms with E-state index in [-0.39, 0.29) is 22.4 Å². The zero-order valence-corrected chi connectivity index (χ0v) is 16.7. The van der Waals surface area contributed by atoms with Crippen LogP contribution in [0.1, 0.15) is 86.8 Å². The van der Waals surface area contributed by atoms with Crippen LogP contribution in [-0.2, 0) is 5.41 Å². The Morgan fingerprint density at radius 2 is 1.68 bits per heavy atom. The molecule has 0 radical (unpaired) electrons. The second-order valence-corrected chi connectivity index (χ2v) is 10.9. The molecule has 0 unspecified atom stereocenters. The van der Waals surface area contributed by atoms with Gasteiger partial charge in [-0.3, -0.25) is 9.59 Å². The minimum Gasteiger partial charge on any atom is -0.338 e. The summed E-state index contributed by atoms with van der Waals surface area (Å²) in [7, 11) is 0. The van der Waals surface area contributed by atoms with Crippen LogP contribution in [0.4, 0.5) is 0 Å². The molecule has 2 heterocycles. The van der Waals surface area contributed by atoms with Crippen molar-refractivity contribution in [3.8, 4) is 0 Å². The molecular formula is C23H31N3O2. The number of H-pyrrole nitrogens is 1. The third-order valence-electron chi connectivity index (χ3n) is 8.96. The summed E-state index contributed by atoms with van der Waals surface area (Å²) in [5.41, 5.74) is 0.410. The number of nitrogens with one attached hydrogen (secondary N) is 1. The van der Waals surface area contributed by atoms with Gasteiger partial charge < -0.3 is 9.88 Å². The predicted octanol–water partition coefficient (Wildman–Crippen LogP) is 3.64. The van der Waals surface area contributed by atoms with Crippen LogP contribution in [0.15, 0.2) is 11.0 Å². The predicted molar refractivity (Wildman–Crippen MR) is 106 cm³/mol.